The largest absolute Gasteiger partial charge is 0.378 e. The molecule has 0 unspecified atom stereocenters. The first-order valence-electron chi connectivity index (χ1n) is 9.05. The topological polar surface area (TPSA) is 81.2 Å². The van der Waals surface area contributed by atoms with Crippen LogP contribution in [0.2, 0.25) is 0 Å². The van der Waals surface area contributed by atoms with Crippen molar-refractivity contribution in [1.29, 1.82) is 0 Å². The van der Waals surface area contributed by atoms with Gasteiger partial charge in [0.15, 0.2) is 0 Å². The van der Waals surface area contributed by atoms with Crippen molar-refractivity contribution in [2.45, 2.75) is 13.0 Å². The van der Waals surface area contributed by atoms with Crippen LogP contribution < -0.4 is 16.0 Å². The number of ether oxygens (including phenoxy) is 1. The molecule has 136 valence electrons. The molecule has 1 aromatic carbocycles. The molecule has 0 atom stereocenters. The molecular weight excluding hydrogens is 328 g/mol. The van der Waals surface area contributed by atoms with E-state index in [0.29, 0.717) is 12.5 Å². The number of hydrogen-bond acceptors (Lipinski definition) is 6. The van der Waals surface area contributed by atoms with Gasteiger partial charge < -0.3 is 25.3 Å². The predicted molar refractivity (Wildman–Crippen MR) is 104 cm³/mol. The smallest absolute Gasteiger partial charge is 0.229 e. The summed E-state index contributed by atoms with van der Waals surface area (Å²) in [5.41, 5.74) is 8.72. The van der Waals surface area contributed by atoms with E-state index in [4.69, 9.17) is 15.5 Å². The Morgan fingerprint density at radius 2 is 2.08 bits per heavy atom. The minimum Gasteiger partial charge on any atom is -0.378 e. The lowest BCUT2D eigenvalue weighted by Gasteiger charge is -2.29. The molecule has 0 bridgehead atoms. The zero-order valence-corrected chi connectivity index (χ0v) is 14.8. The highest BCUT2D eigenvalue weighted by Gasteiger charge is 2.12. The lowest BCUT2D eigenvalue weighted by Crippen LogP contribution is -2.36. The minimum absolute atomic E-state index is 0.601. The predicted octanol–water partition coefficient (Wildman–Crippen LogP) is 2.36. The third-order valence-electron chi connectivity index (χ3n) is 4.58. The molecule has 1 aliphatic rings. The van der Waals surface area contributed by atoms with E-state index in [9.17, 15) is 0 Å². The SMILES string of the molecule is NCCCn1ccc2cnc(Nc3cccc(N4CCOCC4)c3)nc21. The molecule has 0 aliphatic carbocycles. The molecule has 3 aromatic rings. The van der Waals surface area contributed by atoms with Crippen LogP contribution in [0.25, 0.3) is 11.0 Å². The Balaban J connectivity index is 1.54. The number of hydrogen-bond donors (Lipinski definition) is 2. The van der Waals surface area contributed by atoms with Crippen molar-refractivity contribution >= 4 is 28.4 Å². The van der Waals surface area contributed by atoms with Gasteiger partial charge in [-0.05, 0) is 37.2 Å². The van der Waals surface area contributed by atoms with Crippen LogP contribution in [-0.2, 0) is 11.3 Å². The van der Waals surface area contributed by atoms with Crippen molar-refractivity contribution in [3.05, 3.63) is 42.7 Å². The minimum atomic E-state index is 0.601. The van der Waals surface area contributed by atoms with Gasteiger partial charge in [-0.15, -0.1) is 0 Å². The molecule has 7 heteroatoms. The Labute approximate surface area is 152 Å². The molecule has 3 N–H and O–H groups in total. The molecule has 26 heavy (non-hydrogen) atoms. The number of anilines is 3. The van der Waals surface area contributed by atoms with Crippen LogP contribution in [0, 0.1) is 0 Å². The normalized spacial score (nSPS) is 14.7. The van der Waals surface area contributed by atoms with Crippen molar-refractivity contribution in [3.63, 3.8) is 0 Å². The summed E-state index contributed by atoms with van der Waals surface area (Å²) in [5, 5.41) is 4.37. The number of nitrogens with two attached hydrogens (primary N) is 1. The zero-order chi connectivity index (χ0) is 17.8. The summed E-state index contributed by atoms with van der Waals surface area (Å²) >= 11 is 0. The summed E-state index contributed by atoms with van der Waals surface area (Å²) in [7, 11) is 0. The highest BCUT2D eigenvalue weighted by Crippen LogP contribution is 2.23. The molecule has 1 aliphatic heterocycles. The summed E-state index contributed by atoms with van der Waals surface area (Å²) in [5.74, 6) is 0.601. The van der Waals surface area contributed by atoms with Gasteiger partial charge >= 0.3 is 0 Å². The van der Waals surface area contributed by atoms with Crippen LogP contribution in [0.3, 0.4) is 0 Å². The third kappa shape index (κ3) is 3.63. The lowest BCUT2D eigenvalue weighted by molar-refractivity contribution is 0.122. The lowest BCUT2D eigenvalue weighted by atomic mass is 10.2. The van der Waals surface area contributed by atoms with E-state index >= 15 is 0 Å². The average Bonchev–Trinajstić information content (AvgIpc) is 3.09. The van der Waals surface area contributed by atoms with Crippen LogP contribution in [0.1, 0.15) is 6.42 Å². The number of nitrogens with zero attached hydrogens (tertiary/aromatic N) is 4. The van der Waals surface area contributed by atoms with Crippen LogP contribution >= 0.6 is 0 Å². The molecule has 2 aromatic heterocycles. The van der Waals surface area contributed by atoms with Crippen LogP contribution in [0.4, 0.5) is 17.3 Å². The standard InChI is InChI=1S/C19H24N6O/c20-6-2-7-25-8-5-15-14-21-19(23-18(15)25)22-16-3-1-4-17(13-16)24-9-11-26-12-10-24/h1,3-5,8,13-14H,2,6-7,9-12,20H2,(H,21,22,23). The summed E-state index contributed by atoms with van der Waals surface area (Å²) in [6.45, 7) is 4.92. The summed E-state index contributed by atoms with van der Waals surface area (Å²) in [6.07, 6.45) is 4.82. The van der Waals surface area contributed by atoms with Gasteiger partial charge in [-0.2, -0.15) is 4.98 Å². The Bertz CT molecular complexity index is 871. The highest BCUT2D eigenvalue weighted by molar-refractivity contribution is 5.77. The maximum atomic E-state index is 5.63. The molecule has 0 radical (unpaired) electrons. The summed E-state index contributed by atoms with van der Waals surface area (Å²) in [4.78, 5) is 11.5. The highest BCUT2D eigenvalue weighted by atomic mass is 16.5. The Morgan fingerprint density at radius 3 is 2.92 bits per heavy atom. The number of aryl methyl sites for hydroxylation is 1. The van der Waals surface area contributed by atoms with Gasteiger partial charge in [-0.1, -0.05) is 6.07 Å². The summed E-state index contributed by atoms with van der Waals surface area (Å²) in [6, 6.07) is 10.4. The molecular formula is C19H24N6O. The van der Waals surface area contributed by atoms with Gasteiger partial charge in [0.25, 0.3) is 0 Å². The Kier molecular flexibility index (Phi) is 4.99. The van der Waals surface area contributed by atoms with Crippen LogP contribution in [-0.4, -0.2) is 47.4 Å². The number of aromatic nitrogens is 3. The number of rotatable bonds is 6. The molecule has 1 saturated heterocycles. The molecule has 0 spiro atoms. The van der Waals surface area contributed by atoms with Gasteiger partial charge in [0.05, 0.1) is 13.2 Å². The fraction of sp³-hybridized carbons (Fsp3) is 0.368. The van der Waals surface area contributed by atoms with E-state index < -0.39 is 0 Å². The van der Waals surface area contributed by atoms with Crippen LogP contribution in [0.15, 0.2) is 42.7 Å². The average molecular weight is 352 g/mol. The van der Waals surface area contributed by atoms with E-state index in [1.807, 2.05) is 24.5 Å². The van der Waals surface area contributed by atoms with Gasteiger partial charge in [0.2, 0.25) is 5.95 Å². The maximum Gasteiger partial charge on any atom is 0.229 e. The number of fused-ring (bicyclic) bond motifs is 1. The van der Waals surface area contributed by atoms with Gasteiger partial charge in [-0.3, -0.25) is 0 Å². The second kappa shape index (κ2) is 7.72. The molecule has 3 heterocycles. The quantitative estimate of drug-likeness (QED) is 0.709. The van der Waals surface area contributed by atoms with Crippen molar-refractivity contribution in [2.24, 2.45) is 5.73 Å². The van der Waals surface area contributed by atoms with Gasteiger partial charge in [0, 0.05) is 48.8 Å². The molecule has 4 rings (SSSR count). The number of morpholine rings is 1. The number of benzene rings is 1. The van der Waals surface area contributed by atoms with Crippen molar-refractivity contribution < 1.29 is 4.74 Å². The monoisotopic (exact) mass is 352 g/mol. The molecule has 1 fully saturated rings. The fourth-order valence-corrected chi connectivity index (χ4v) is 3.20. The number of nitrogens with one attached hydrogen (secondary N) is 1. The van der Waals surface area contributed by atoms with E-state index in [2.05, 4.69) is 38.0 Å². The van der Waals surface area contributed by atoms with Crippen molar-refractivity contribution in [2.75, 3.05) is 43.1 Å². The second-order valence-electron chi connectivity index (χ2n) is 6.40. The van der Waals surface area contributed by atoms with Crippen molar-refractivity contribution in [1.82, 2.24) is 14.5 Å². The van der Waals surface area contributed by atoms with Crippen LogP contribution in [0.5, 0.6) is 0 Å². The molecule has 7 nitrogen and oxygen atoms in total. The van der Waals surface area contributed by atoms with Gasteiger partial charge in [-0.25, -0.2) is 4.98 Å². The van der Waals surface area contributed by atoms with E-state index in [1.54, 1.807) is 0 Å². The molecule has 0 saturated carbocycles. The zero-order valence-electron chi connectivity index (χ0n) is 14.8. The van der Waals surface area contributed by atoms with E-state index in [1.165, 1.54) is 5.69 Å². The molecule has 0 amide bonds. The first-order chi connectivity index (χ1) is 12.8. The fourth-order valence-electron chi connectivity index (χ4n) is 3.20. The second-order valence-corrected chi connectivity index (χ2v) is 6.40. The maximum absolute atomic E-state index is 5.63. The Morgan fingerprint density at radius 1 is 1.19 bits per heavy atom. The third-order valence-corrected chi connectivity index (χ3v) is 4.58. The van der Waals surface area contributed by atoms with E-state index in [0.717, 1.165) is 56.0 Å². The summed E-state index contributed by atoms with van der Waals surface area (Å²) < 4.78 is 7.56. The van der Waals surface area contributed by atoms with Crippen molar-refractivity contribution in [3.8, 4) is 0 Å². The van der Waals surface area contributed by atoms with Gasteiger partial charge in [0.1, 0.15) is 5.65 Å². The first-order valence-corrected chi connectivity index (χ1v) is 9.05. The van der Waals surface area contributed by atoms with E-state index in [-0.39, 0.29) is 0 Å². The first kappa shape index (κ1) is 16.8. The Hall–Kier alpha value is -2.64.